The molecule has 1 aromatic carbocycles. The first-order chi connectivity index (χ1) is 17.6. The lowest BCUT2D eigenvalue weighted by Crippen LogP contribution is -2.37. The molecule has 0 aliphatic heterocycles. The topological polar surface area (TPSA) is 131 Å². The molecule has 9 heteroatoms. The van der Waals surface area contributed by atoms with Crippen molar-refractivity contribution >= 4 is 23.9 Å². The Morgan fingerprint density at radius 3 is 2.03 bits per heavy atom. The molecule has 37 heavy (non-hydrogen) atoms. The first-order valence-corrected chi connectivity index (χ1v) is 13.2. The maximum Gasteiger partial charge on any atom is 0.323 e. The lowest BCUT2D eigenvalue weighted by Gasteiger charge is -2.18. The fourth-order valence-corrected chi connectivity index (χ4v) is 3.19. The predicted molar refractivity (Wildman–Crippen MR) is 139 cm³/mol. The molecule has 1 aromatic rings. The van der Waals surface area contributed by atoms with Gasteiger partial charge in [0.05, 0.1) is 0 Å². The van der Waals surface area contributed by atoms with Gasteiger partial charge >= 0.3 is 23.9 Å². The quantitative estimate of drug-likeness (QED) is 0.230. The van der Waals surface area contributed by atoms with Crippen LogP contribution in [0.2, 0.25) is 0 Å². The number of hydrogen-bond acceptors (Lipinski definition) is 9. The van der Waals surface area contributed by atoms with E-state index in [0.29, 0.717) is 24.8 Å². The number of nitrogens with two attached hydrogens (primary N) is 1. The highest BCUT2D eigenvalue weighted by molar-refractivity contribution is 5.77. The van der Waals surface area contributed by atoms with Crippen LogP contribution in [0.1, 0.15) is 91.5 Å². The second kappa shape index (κ2) is 17.5. The predicted octanol–water partition coefficient (Wildman–Crippen LogP) is 4.66. The van der Waals surface area contributed by atoms with E-state index in [4.69, 9.17) is 24.7 Å². The minimum Gasteiger partial charge on any atom is -0.462 e. The normalized spacial score (nSPS) is 13.2. The molecular formula is C28H43NO8. The summed E-state index contributed by atoms with van der Waals surface area (Å²) in [5, 5.41) is 0. The second-order valence-electron chi connectivity index (χ2n) is 9.40. The van der Waals surface area contributed by atoms with Crippen LogP contribution in [0.4, 0.5) is 0 Å². The van der Waals surface area contributed by atoms with Crippen LogP contribution in [0, 0.1) is 5.92 Å². The lowest BCUT2D eigenvalue weighted by atomic mass is 10.1. The molecule has 1 unspecified atom stereocenters. The van der Waals surface area contributed by atoms with E-state index in [9.17, 15) is 19.2 Å². The largest absolute Gasteiger partial charge is 0.462 e. The first-order valence-electron chi connectivity index (χ1n) is 13.2. The number of unbranched alkanes of at least 4 members (excludes halogenated alkanes) is 2. The minimum absolute atomic E-state index is 0.0519. The molecule has 0 radical (unpaired) electrons. The van der Waals surface area contributed by atoms with E-state index >= 15 is 0 Å². The van der Waals surface area contributed by atoms with Gasteiger partial charge in [0.25, 0.3) is 0 Å². The van der Waals surface area contributed by atoms with Crippen molar-refractivity contribution in [2.75, 3.05) is 6.61 Å². The fraction of sp³-hybridized carbons (Fsp3) is 0.643. The molecule has 0 aliphatic rings. The summed E-state index contributed by atoms with van der Waals surface area (Å²) in [5.74, 6) is -1.38. The SMILES string of the molecule is CCCCC(=O)Oc1ccc(C[C@H](N)C(=O)O[C@@H](C)COC(=O)CC(C)CC)cc1OC(=O)CCCC. The van der Waals surface area contributed by atoms with Gasteiger partial charge in [-0.2, -0.15) is 0 Å². The zero-order chi connectivity index (χ0) is 27.8. The van der Waals surface area contributed by atoms with E-state index in [2.05, 4.69) is 0 Å². The molecule has 0 aromatic heterocycles. The maximum absolute atomic E-state index is 12.5. The number of hydrogen-bond donors (Lipinski definition) is 1. The average molecular weight is 522 g/mol. The van der Waals surface area contributed by atoms with Crippen molar-refractivity contribution in [2.45, 2.75) is 105 Å². The van der Waals surface area contributed by atoms with E-state index in [-0.39, 0.29) is 49.3 Å². The van der Waals surface area contributed by atoms with Gasteiger partial charge in [0.2, 0.25) is 0 Å². The van der Waals surface area contributed by atoms with Gasteiger partial charge in [0.1, 0.15) is 18.8 Å². The molecule has 0 saturated carbocycles. The molecule has 208 valence electrons. The summed E-state index contributed by atoms with van der Waals surface area (Å²) in [5.41, 5.74) is 6.65. The summed E-state index contributed by atoms with van der Waals surface area (Å²) in [4.78, 5) is 48.7. The molecule has 3 atom stereocenters. The van der Waals surface area contributed by atoms with Crippen molar-refractivity contribution in [1.82, 2.24) is 0 Å². The van der Waals surface area contributed by atoms with Gasteiger partial charge in [-0.05, 0) is 49.8 Å². The van der Waals surface area contributed by atoms with Gasteiger partial charge < -0.3 is 24.7 Å². The van der Waals surface area contributed by atoms with Crippen LogP contribution in [0.5, 0.6) is 11.5 Å². The number of esters is 4. The van der Waals surface area contributed by atoms with Crippen molar-refractivity contribution in [3.63, 3.8) is 0 Å². The van der Waals surface area contributed by atoms with E-state index < -0.39 is 30.1 Å². The van der Waals surface area contributed by atoms with Crippen LogP contribution < -0.4 is 15.2 Å². The van der Waals surface area contributed by atoms with Crippen molar-refractivity contribution in [1.29, 1.82) is 0 Å². The Morgan fingerprint density at radius 2 is 1.46 bits per heavy atom. The summed E-state index contributed by atoms with van der Waals surface area (Å²) in [6.07, 6.45) is 4.16. The summed E-state index contributed by atoms with van der Waals surface area (Å²) >= 11 is 0. The molecule has 2 N–H and O–H groups in total. The van der Waals surface area contributed by atoms with Gasteiger partial charge in [0.15, 0.2) is 11.5 Å². The van der Waals surface area contributed by atoms with Crippen LogP contribution in [0.3, 0.4) is 0 Å². The second-order valence-corrected chi connectivity index (χ2v) is 9.40. The highest BCUT2D eigenvalue weighted by Crippen LogP contribution is 2.30. The summed E-state index contributed by atoms with van der Waals surface area (Å²) in [6, 6.07) is 3.72. The average Bonchev–Trinajstić information content (AvgIpc) is 2.86. The lowest BCUT2D eigenvalue weighted by molar-refractivity contribution is -0.159. The van der Waals surface area contributed by atoms with Crippen molar-refractivity contribution < 1.29 is 38.1 Å². The van der Waals surface area contributed by atoms with E-state index in [1.807, 2.05) is 27.7 Å². The van der Waals surface area contributed by atoms with Crippen molar-refractivity contribution in [3.8, 4) is 11.5 Å². The highest BCUT2D eigenvalue weighted by atomic mass is 16.6. The Kier molecular flexibility index (Phi) is 15.2. The van der Waals surface area contributed by atoms with Crippen LogP contribution >= 0.6 is 0 Å². The highest BCUT2D eigenvalue weighted by Gasteiger charge is 2.22. The summed E-state index contributed by atoms with van der Waals surface area (Å²) < 4.78 is 21.4. The van der Waals surface area contributed by atoms with Crippen LogP contribution in [0.25, 0.3) is 0 Å². The van der Waals surface area contributed by atoms with Crippen molar-refractivity contribution in [2.24, 2.45) is 11.7 Å². The van der Waals surface area contributed by atoms with E-state index in [1.165, 1.54) is 6.07 Å². The van der Waals surface area contributed by atoms with Gasteiger partial charge in [-0.1, -0.05) is 53.0 Å². The molecule has 9 nitrogen and oxygen atoms in total. The Bertz CT molecular complexity index is 885. The molecular weight excluding hydrogens is 478 g/mol. The first kappa shape index (κ1) is 32.1. The number of ether oxygens (including phenoxy) is 4. The molecule has 0 spiro atoms. The molecule has 0 fully saturated rings. The number of benzene rings is 1. The number of carbonyl (C=O) groups excluding carboxylic acids is 4. The van der Waals surface area contributed by atoms with Crippen LogP contribution in [-0.2, 0) is 35.1 Å². The Balaban J connectivity index is 2.80. The third-order valence-electron chi connectivity index (χ3n) is 5.69. The third-order valence-corrected chi connectivity index (χ3v) is 5.69. The van der Waals surface area contributed by atoms with Gasteiger partial charge in [-0.25, -0.2) is 0 Å². The van der Waals surface area contributed by atoms with E-state index in [0.717, 1.165) is 19.3 Å². The third kappa shape index (κ3) is 13.3. The van der Waals surface area contributed by atoms with Gasteiger partial charge in [-0.3, -0.25) is 19.2 Å². The molecule has 0 amide bonds. The zero-order valence-corrected chi connectivity index (χ0v) is 22.9. The van der Waals surface area contributed by atoms with Gasteiger partial charge in [-0.15, -0.1) is 0 Å². The monoisotopic (exact) mass is 521 g/mol. The van der Waals surface area contributed by atoms with Crippen molar-refractivity contribution in [3.05, 3.63) is 23.8 Å². The number of rotatable bonds is 17. The standard InChI is InChI=1S/C28H43NO8/c1-6-9-11-25(30)36-23-14-13-21(17-24(23)37-26(31)12-10-7-2)16-22(29)28(33)35-20(5)18-34-27(32)15-19(4)8-3/h13-14,17,19-20,22H,6-12,15-16,18,29H2,1-5H3/t19?,20-,22-/m0/s1. The molecule has 0 bridgehead atoms. The Labute approximate surface area is 220 Å². The zero-order valence-electron chi connectivity index (χ0n) is 22.9. The smallest absolute Gasteiger partial charge is 0.323 e. The summed E-state index contributed by atoms with van der Waals surface area (Å²) in [6.45, 7) is 9.47. The van der Waals surface area contributed by atoms with Crippen LogP contribution in [-0.4, -0.2) is 42.6 Å². The molecule has 0 heterocycles. The minimum atomic E-state index is -1.00. The Hall–Kier alpha value is -2.94. The Morgan fingerprint density at radius 1 is 0.865 bits per heavy atom. The van der Waals surface area contributed by atoms with Crippen LogP contribution in [0.15, 0.2) is 18.2 Å². The fourth-order valence-electron chi connectivity index (χ4n) is 3.19. The maximum atomic E-state index is 12.5. The van der Waals surface area contributed by atoms with E-state index in [1.54, 1.807) is 19.1 Å². The molecule has 1 rings (SSSR count). The summed E-state index contributed by atoms with van der Waals surface area (Å²) in [7, 11) is 0. The van der Waals surface area contributed by atoms with Gasteiger partial charge in [0, 0.05) is 19.3 Å². The number of carbonyl (C=O) groups is 4. The molecule has 0 saturated heterocycles. The molecule has 0 aliphatic carbocycles.